The summed E-state index contributed by atoms with van der Waals surface area (Å²) in [6.45, 7) is 4.77. The summed E-state index contributed by atoms with van der Waals surface area (Å²) < 4.78 is 5.67. The third-order valence-corrected chi connectivity index (χ3v) is 4.16. The number of ether oxygens (including phenoxy) is 1. The topological polar surface area (TPSA) is 67.6 Å². The highest BCUT2D eigenvalue weighted by Crippen LogP contribution is 2.35. The number of benzene rings is 2. The standard InChI is InChI=1S/C18H18N2O2S.C2H7N/c1-13(21)20(19-18(23)14-7-3-2-4-8-14)16-11-12-22-17-10-6-5-9-15(16)17;1-2-3/h2-10,16H,11-12H2,1H3,(H,19,23);2-3H2,1H3. The number of nitrogens with one attached hydrogen (secondary N) is 1. The molecule has 0 aromatic heterocycles. The summed E-state index contributed by atoms with van der Waals surface area (Å²) in [5, 5.41) is 1.61. The van der Waals surface area contributed by atoms with Gasteiger partial charge in [-0.1, -0.05) is 67.7 Å². The van der Waals surface area contributed by atoms with Crippen LogP contribution in [0.15, 0.2) is 54.6 Å². The zero-order valence-electron chi connectivity index (χ0n) is 15.1. The summed E-state index contributed by atoms with van der Waals surface area (Å²) in [4.78, 5) is 12.7. The first-order chi connectivity index (χ1) is 12.6. The Balaban J connectivity index is 0.000000758. The third-order valence-electron chi connectivity index (χ3n) is 3.84. The monoisotopic (exact) mass is 371 g/mol. The van der Waals surface area contributed by atoms with Crippen LogP contribution in [0.5, 0.6) is 5.75 Å². The van der Waals surface area contributed by atoms with E-state index in [0.717, 1.165) is 29.8 Å². The van der Waals surface area contributed by atoms with Crippen molar-refractivity contribution in [2.45, 2.75) is 26.3 Å². The normalized spacial score (nSPS) is 14.8. The Labute approximate surface area is 160 Å². The van der Waals surface area contributed by atoms with Gasteiger partial charge < -0.3 is 10.5 Å². The van der Waals surface area contributed by atoms with Crippen LogP contribution in [-0.2, 0) is 4.79 Å². The zero-order chi connectivity index (χ0) is 18.9. The summed E-state index contributed by atoms with van der Waals surface area (Å²) in [5.74, 6) is 0.743. The molecule has 0 aliphatic carbocycles. The number of carbonyl (C=O) groups is 1. The van der Waals surface area contributed by atoms with Gasteiger partial charge in [0.15, 0.2) is 0 Å². The van der Waals surface area contributed by atoms with Crippen LogP contribution in [-0.4, -0.2) is 29.1 Å². The molecule has 5 nitrogen and oxygen atoms in total. The molecule has 0 radical (unpaired) electrons. The Bertz CT molecular complexity index is 737. The van der Waals surface area contributed by atoms with Gasteiger partial charge in [0.2, 0.25) is 5.91 Å². The predicted molar refractivity (Wildman–Crippen MR) is 108 cm³/mol. The average molecular weight is 372 g/mol. The molecule has 3 N–H and O–H groups in total. The van der Waals surface area contributed by atoms with Crippen molar-refractivity contribution in [2.75, 3.05) is 13.2 Å². The molecule has 0 saturated heterocycles. The number of nitrogens with zero attached hydrogens (tertiary/aromatic N) is 1. The van der Waals surface area contributed by atoms with Crippen molar-refractivity contribution >= 4 is 23.1 Å². The minimum Gasteiger partial charge on any atom is -0.493 e. The van der Waals surface area contributed by atoms with Crippen LogP contribution in [0.2, 0.25) is 0 Å². The molecule has 1 unspecified atom stereocenters. The lowest BCUT2D eigenvalue weighted by Crippen LogP contribution is -2.48. The molecule has 0 spiro atoms. The summed E-state index contributed by atoms with van der Waals surface area (Å²) >= 11 is 5.45. The highest BCUT2D eigenvalue weighted by Gasteiger charge is 2.29. The molecule has 138 valence electrons. The average Bonchev–Trinajstić information content (AvgIpc) is 2.66. The Morgan fingerprint density at radius 1 is 1.23 bits per heavy atom. The lowest BCUT2D eigenvalue weighted by molar-refractivity contribution is -0.134. The zero-order valence-corrected chi connectivity index (χ0v) is 16.0. The summed E-state index contributed by atoms with van der Waals surface area (Å²) in [6.07, 6.45) is 0.723. The van der Waals surface area contributed by atoms with E-state index in [2.05, 4.69) is 5.43 Å². The molecule has 1 aliphatic rings. The van der Waals surface area contributed by atoms with Crippen molar-refractivity contribution in [3.05, 3.63) is 65.7 Å². The Hall–Kier alpha value is -2.44. The van der Waals surface area contributed by atoms with Gasteiger partial charge in [-0.2, -0.15) is 0 Å². The SMILES string of the molecule is CC(=O)N(NC(=S)c1ccccc1)C1CCOc2ccccc21.CCN. The van der Waals surface area contributed by atoms with Crippen molar-refractivity contribution in [1.82, 2.24) is 10.4 Å². The number of thiocarbonyl (C=S) groups is 1. The van der Waals surface area contributed by atoms with Crippen LogP contribution in [0.1, 0.15) is 37.4 Å². The Morgan fingerprint density at radius 2 is 1.85 bits per heavy atom. The number of carbonyl (C=O) groups excluding carboxylic acids is 1. The van der Waals surface area contributed by atoms with E-state index >= 15 is 0 Å². The van der Waals surface area contributed by atoms with E-state index in [9.17, 15) is 4.79 Å². The van der Waals surface area contributed by atoms with Crippen molar-refractivity contribution in [3.63, 3.8) is 0 Å². The maximum absolute atomic E-state index is 12.2. The largest absolute Gasteiger partial charge is 0.493 e. The maximum Gasteiger partial charge on any atom is 0.238 e. The Kier molecular flexibility index (Phi) is 7.56. The van der Waals surface area contributed by atoms with E-state index < -0.39 is 0 Å². The van der Waals surface area contributed by atoms with E-state index in [-0.39, 0.29) is 11.9 Å². The molecule has 1 aliphatic heterocycles. The molecule has 1 amide bonds. The second kappa shape index (κ2) is 9.89. The first kappa shape index (κ1) is 19.9. The third kappa shape index (κ3) is 5.03. The maximum atomic E-state index is 12.2. The van der Waals surface area contributed by atoms with Crippen molar-refractivity contribution in [3.8, 4) is 5.75 Å². The minimum absolute atomic E-state index is 0.0787. The van der Waals surface area contributed by atoms with Crippen LogP contribution in [0.3, 0.4) is 0 Å². The smallest absolute Gasteiger partial charge is 0.238 e. The number of nitrogens with two attached hydrogens (primary N) is 1. The van der Waals surface area contributed by atoms with Crippen LogP contribution in [0.4, 0.5) is 0 Å². The summed E-state index contributed by atoms with van der Waals surface area (Å²) in [7, 11) is 0. The van der Waals surface area contributed by atoms with Gasteiger partial charge in [-0.25, -0.2) is 5.01 Å². The molecule has 26 heavy (non-hydrogen) atoms. The molecular weight excluding hydrogens is 346 g/mol. The quantitative estimate of drug-likeness (QED) is 0.627. The molecule has 1 atom stereocenters. The van der Waals surface area contributed by atoms with Crippen molar-refractivity contribution in [2.24, 2.45) is 5.73 Å². The van der Waals surface area contributed by atoms with Gasteiger partial charge >= 0.3 is 0 Å². The fourth-order valence-electron chi connectivity index (χ4n) is 2.73. The van der Waals surface area contributed by atoms with Gasteiger partial charge in [-0.3, -0.25) is 10.2 Å². The summed E-state index contributed by atoms with van der Waals surface area (Å²) in [6, 6.07) is 17.3. The highest BCUT2D eigenvalue weighted by atomic mass is 32.1. The molecule has 0 bridgehead atoms. The van der Waals surface area contributed by atoms with Gasteiger partial charge in [0.25, 0.3) is 0 Å². The second-order valence-corrected chi connectivity index (χ2v) is 6.20. The van der Waals surface area contributed by atoms with E-state index in [1.54, 1.807) is 11.9 Å². The van der Waals surface area contributed by atoms with Gasteiger partial charge in [-0.15, -0.1) is 0 Å². The number of amides is 1. The van der Waals surface area contributed by atoms with E-state index in [1.807, 2.05) is 61.5 Å². The van der Waals surface area contributed by atoms with E-state index in [4.69, 9.17) is 22.7 Å². The summed E-state index contributed by atoms with van der Waals surface area (Å²) in [5.41, 5.74) is 9.83. The van der Waals surface area contributed by atoms with Crippen LogP contribution < -0.4 is 15.9 Å². The first-order valence-electron chi connectivity index (χ1n) is 8.66. The lowest BCUT2D eigenvalue weighted by atomic mass is 10.00. The Morgan fingerprint density at radius 3 is 2.50 bits per heavy atom. The molecular formula is C20H25N3O2S. The molecule has 3 rings (SSSR count). The number of fused-ring (bicyclic) bond motifs is 1. The fourth-order valence-corrected chi connectivity index (χ4v) is 2.97. The first-order valence-corrected chi connectivity index (χ1v) is 9.07. The van der Waals surface area contributed by atoms with Crippen molar-refractivity contribution in [1.29, 1.82) is 0 Å². The molecule has 6 heteroatoms. The molecule has 0 saturated carbocycles. The second-order valence-electron chi connectivity index (χ2n) is 5.79. The van der Waals surface area contributed by atoms with Crippen molar-refractivity contribution < 1.29 is 9.53 Å². The number of para-hydroxylation sites is 1. The van der Waals surface area contributed by atoms with Gasteiger partial charge in [0.1, 0.15) is 10.7 Å². The number of hydrogen-bond donors (Lipinski definition) is 2. The van der Waals surface area contributed by atoms with Gasteiger partial charge in [0, 0.05) is 24.5 Å². The number of hydrogen-bond acceptors (Lipinski definition) is 4. The van der Waals surface area contributed by atoms with Gasteiger partial charge in [0.05, 0.1) is 12.6 Å². The molecule has 1 heterocycles. The van der Waals surface area contributed by atoms with Crippen LogP contribution >= 0.6 is 12.2 Å². The molecule has 0 fully saturated rings. The minimum atomic E-state index is -0.0980. The number of rotatable bonds is 2. The van der Waals surface area contributed by atoms with Crippen LogP contribution in [0.25, 0.3) is 0 Å². The van der Waals surface area contributed by atoms with E-state index in [1.165, 1.54) is 0 Å². The van der Waals surface area contributed by atoms with Gasteiger partial charge in [-0.05, 0) is 12.6 Å². The molecule has 2 aromatic carbocycles. The highest BCUT2D eigenvalue weighted by molar-refractivity contribution is 7.80. The number of hydrazine groups is 1. The van der Waals surface area contributed by atoms with E-state index in [0.29, 0.717) is 11.6 Å². The van der Waals surface area contributed by atoms with Crippen LogP contribution in [0, 0.1) is 0 Å². The predicted octanol–water partition coefficient (Wildman–Crippen LogP) is 3.20. The molecule has 2 aromatic rings. The lowest BCUT2D eigenvalue weighted by Gasteiger charge is -2.35. The fraction of sp³-hybridized carbons (Fsp3) is 0.300.